The molecule has 10 nitrogen and oxygen atoms in total. The highest BCUT2D eigenvalue weighted by atomic mass is 32.2. The van der Waals surface area contributed by atoms with E-state index in [0.717, 1.165) is 48.0 Å². The van der Waals surface area contributed by atoms with Gasteiger partial charge in [-0.3, -0.25) is 14.9 Å². The quantitative estimate of drug-likeness (QED) is 0.248. The number of para-hydroxylation sites is 1. The average Bonchev–Trinajstić information content (AvgIpc) is 3.60. The molecule has 2 fully saturated rings. The van der Waals surface area contributed by atoms with Crippen LogP contribution in [0.2, 0.25) is 0 Å². The van der Waals surface area contributed by atoms with Gasteiger partial charge in [-0.25, -0.2) is 13.2 Å². The lowest BCUT2D eigenvalue weighted by molar-refractivity contribution is -0.387. The number of ether oxygens (including phenoxy) is 1. The minimum Gasteiger partial charge on any atom is -0.458 e. The number of piperazine rings is 1. The number of amides is 1. The van der Waals surface area contributed by atoms with Crippen LogP contribution in [0.15, 0.2) is 47.4 Å². The van der Waals surface area contributed by atoms with Crippen molar-refractivity contribution in [2.75, 3.05) is 13.1 Å². The zero-order valence-corrected chi connectivity index (χ0v) is 24.6. The lowest BCUT2D eigenvalue weighted by atomic mass is 9.98. The van der Waals surface area contributed by atoms with Crippen molar-refractivity contribution in [3.63, 3.8) is 0 Å². The minimum atomic E-state index is -4.37. The van der Waals surface area contributed by atoms with Gasteiger partial charge in [-0.1, -0.05) is 43.2 Å². The van der Waals surface area contributed by atoms with Gasteiger partial charge in [0.15, 0.2) is 4.90 Å². The maximum atomic E-state index is 14.2. The second-order valence-corrected chi connectivity index (χ2v) is 14.1. The summed E-state index contributed by atoms with van der Waals surface area (Å²) in [5, 5.41) is 11.7. The number of esters is 1. The molecule has 2 aromatic rings. The van der Waals surface area contributed by atoms with Crippen molar-refractivity contribution in [2.24, 2.45) is 5.92 Å². The van der Waals surface area contributed by atoms with Gasteiger partial charge >= 0.3 is 5.97 Å². The first-order valence-corrected chi connectivity index (χ1v) is 15.7. The monoisotopic (exact) mass is 583 g/mol. The summed E-state index contributed by atoms with van der Waals surface area (Å²) in [7, 11) is -4.37. The Morgan fingerprint density at radius 2 is 1.80 bits per heavy atom. The molecule has 2 aromatic carbocycles. The molecular formula is C30H37N3O7S. The van der Waals surface area contributed by atoms with Crippen LogP contribution in [0.5, 0.6) is 0 Å². The number of rotatable bonds is 9. The Labute approximate surface area is 240 Å². The molecule has 0 aromatic heterocycles. The molecule has 1 amide bonds. The number of nitro benzene ring substituents is 1. The molecule has 1 saturated heterocycles. The van der Waals surface area contributed by atoms with Crippen molar-refractivity contribution in [3.8, 4) is 0 Å². The van der Waals surface area contributed by atoms with Gasteiger partial charge in [0.2, 0.25) is 5.91 Å². The van der Waals surface area contributed by atoms with Gasteiger partial charge in [0.1, 0.15) is 17.7 Å². The van der Waals surface area contributed by atoms with E-state index in [0.29, 0.717) is 6.42 Å². The van der Waals surface area contributed by atoms with E-state index < -0.39 is 55.1 Å². The van der Waals surface area contributed by atoms with E-state index >= 15 is 0 Å². The van der Waals surface area contributed by atoms with Crippen molar-refractivity contribution in [1.82, 2.24) is 9.21 Å². The maximum Gasteiger partial charge on any atom is 0.329 e. The molecule has 0 spiro atoms. The van der Waals surface area contributed by atoms with Crippen LogP contribution in [0, 0.1) is 16.0 Å². The highest BCUT2D eigenvalue weighted by molar-refractivity contribution is 7.89. The maximum absolute atomic E-state index is 14.2. The summed E-state index contributed by atoms with van der Waals surface area (Å²) in [5.74, 6) is -0.821. The van der Waals surface area contributed by atoms with Gasteiger partial charge in [-0.05, 0) is 75.1 Å². The number of hydrogen-bond acceptors (Lipinski definition) is 7. The predicted molar refractivity (Wildman–Crippen MR) is 152 cm³/mol. The molecule has 11 heteroatoms. The van der Waals surface area contributed by atoms with Crippen molar-refractivity contribution in [2.45, 2.75) is 88.3 Å². The number of nitro groups is 1. The topological polar surface area (TPSA) is 127 Å². The van der Waals surface area contributed by atoms with E-state index in [1.807, 2.05) is 6.07 Å². The van der Waals surface area contributed by atoms with Crippen LogP contribution in [-0.4, -0.2) is 65.2 Å². The minimum absolute atomic E-state index is 0.0330. The summed E-state index contributed by atoms with van der Waals surface area (Å²) < 4.78 is 34.5. The zero-order chi connectivity index (χ0) is 29.5. The molecule has 3 aliphatic rings. The average molecular weight is 584 g/mol. The Bertz CT molecular complexity index is 1460. The Kier molecular flexibility index (Phi) is 7.95. The largest absolute Gasteiger partial charge is 0.458 e. The fraction of sp³-hybridized carbons (Fsp3) is 0.533. The molecule has 5 rings (SSSR count). The lowest BCUT2D eigenvalue weighted by Gasteiger charge is -2.43. The van der Waals surface area contributed by atoms with Crippen LogP contribution >= 0.6 is 0 Å². The van der Waals surface area contributed by atoms with Crippen LogP contribution in [0.1, 0.15) is 63.1 Å². The molecule has 41 heavy (non-hydrogen) atoms. The van der Waals surface area contributed by atoms with Crippen molar-refractivity contribution >= 4 is 27.6 Å². The Morgan fingerprint density at radius 1 is 1.10 bits per heavy atom. The molecule has 1 aliphatic heterocycles. The first kappa shape index (κ1) is 29.2. The molecule has 0 radical (unpaired) electrons. The molecule has 0 bridgehead atoms. The molecular weight excluding hydrogens is 546 g/mol. The van der Waals surface area contributed by atoms with Gasteiger partial charge in [0.05, 0.1) is 4.92 Å². The van der Waals surface area contributed by atoms with Gasteiger partial charge in [0, 0.05) is 25.6 Å². The van der Waals surface area contributed by atoms with Crippen molar-refractivity contribution < 1.29 is 27.7 Å². The van der Waals surface area contributed by atoms with Gasteiger partial charge in [-0.2, -0.15) is 4.31 Å². The number of carbonyl (C=O) groups is 2. The molecule has 220 valence electrons. The smallest absolute Gasteiger partial charge is 0.329 e. The lowest BCUT2D eigenvalue weighted by Crippen LogP contribution is -2.63. The van der Waals surface area contributed by atoms with Crippen LogP contribution in [0.3, 0.4) is 0 Å². The SMILES string of the molecule is CC(C)(C)OC(=O)[C@H](Cc1ccc2c(c1)CCC2)N1CCN(S(=O)(=O)c2ccccc2[N+](=O)[O-])[C@@H](CC2CC2)C1=O. The molecule has 0 unspecified atom stereocenters. The number of aryl methyl sites for hydroxylation is 2. The van der Waals surface area contributed by atoms with E-state index in [1.165, 1.54) is 34.2 Å². The number of benzene rings is 2. The third kappa shape index (κ3) is 6.30. The second-order valence-electron chi connectivity index (χ2n) is 12.3. The summed E-state index contributed by atoms with van der Waals surface area (Å²) >= 11 is 0. The van der Waals surface area contributed by atoms with Crippen molar-refractivity contribution in [1.29, 1.82) is 0 Å². The van der Waals surface area contributed by atoms with Gasteiger partial charge in [-0.15, -0.1) is 0 Å². The Hall–Kier alpha value is -3.31. The Morgan fingerprint density at radius 3 is 2.49 bits per heavy atom. The van der Waals surface area contributed by atoms with E-state index in [9.17, 15) is 28.1 Å². The van der Waals surface area contributed by atoms with Crippen molar-refractivity contribution in [3.05, 3.63) is 69.3 Å². The normalized spacial score (nSPS) is 20.5. The zero-order valence-electron chi connectivity index (χ0n) is 23.7. The third-order valence-corrected chi connectivity index (χ3v) is 9.98. The molecule has 2 aliphatic carbocycles. The number of sulfonamides is 1. The van der Waals surface area contributed by atoms with Gasteiger partial charge < -0.3 is 9.64 Å². The summed E-state index contributed by atoms with van der Waals surface area (Å²) in [6.07, 6.45) is 5.41. The summed E-state index contributed by atoms with van der Waals surface area (Å²) in [6, 6.07) is 9.37. The first-order chi connectivity index (χ1) is 19.3. The van der Waals surface area contributed by atoms with Gasteiger partial charge in [0.25, 0.3) is 15.7 Å². The van der Waals surface area contributed by atoms with E-state index in [1.54, 1.807) is 20.8 Å². The van der Waals surface area contributed by atoms with Crippen LogP contribution < -0.4 is 0 Å². The molecule has 1 saturated carbocycles. The van der Waals surface area contributed by atoms with E-state index in [2.05, 4.69) is 12.1 Å². The molecule has 1 heterocycles. The number of hydrogen-bond donors (Lipinski definition) is 0. The highest BCUT2D eigenvalue weighted by Gasteiger charge is 2.48. The molecule has 2 atom stereocenters. The molecule has 0 N–H and O–H groups in total. The predicted octanol–water partition coefficient (Wildman–Crippen LogP) is 4.04. The number of nitrogens with zero attached hydrogens (tertiary/aromatic N) is 3. The van der Waals surface area contributed by atoms with E-state index in [-0.39, 0.29) is 25.4 Å². The van der Waals surface area contributed by atoms with Crippen LogP contribution in [0.4, 0.5) is 5.69 Å². The third-order valence-electron chi connectivity index (χ3n) is 8.03. The van der Waals surface area contributed by atoms with Crippen LogP contribution in [-0.2, 0) is 43.6 Å². The first-order valence-electron chi connectivity index (χ1n) is 14.2. The second kappa shape index (κ2) is 11.2. The van der Waals surface area contributed by atoms with Crippen LogP contribution in [0.25, 0.3) is 0 Å². The fourth-order valence-corrected chi connectivity index (χ4v) is 7.63. The van der Waals surface area contributed by atoms with E-state index in [4.69, 9.17) is 4.74 Å². The number of carbonyl (C=O) groups excluding carboxylic acids is 2. The summed E-state index contributed by atoms with van der Waals surface area (Å²) in [6.45, 7) is 5.20. The number of fused-ring (bicyclic) bond motifs is 1. The standard InChI is InChI=1S/C30H37N3O7S/c1-30(2,3)40-29(35)26(19-21-13-14-22-7-6-8-23(22)17-21)31-15-16-32(25(28(31)34)18-20-11-12-20)41(38,39)27-10-5-4-9-24(27)33(36)37/h4-5,9-10,13-14,17,20,25-26H,6-8,11-12,15-16,18-19H2,1-3H3/t25-,26-/m0/s1. The summed E-state index contributed by atoms with van der Waals surface area (Å²) in [4.78, 5) is 39.7. The fourth-order valence-electron chi connectivity index (χ4n) is 5.89. The Balaban J connectivity index is 1.48. The summed E-state index contributed by atoms with van der Waals surface area (Å²) in [5.41, 5.74) is 2.17. The highest BCUT2D eigenvalue weighted by Crippen LogP contribution is 2.39.